The van der Waals surface area contributed by atoms with E-state index in [0.717, 1.165) is 25.3 Å². The second-order valence-corrected chi connectivity index (χ2v) is 7.31. The molecule has 0 saturated heterocycles. The summed E-state index contributed by atoms with van der Waals surface area (Å²) in [5, 5.41) is 10.9. The van der Waals surface area contributed by atoms with Crippen molar-refractivity contribution in [3.05, 3.63) is 40.8 Å². The minimum absolute atomic E-state index is 0.00863. The van der Waals surface area contributed by atoms with Gasteiger partial charge in [0.2, 0.25) is 11.8 Å². The lowest BCUT2D eigenvalue weighted by atomic mass is 9.39. The third kappa shape index (κ3) is 2.85. The summed E-state index contributed by atoms with van der Waals surface area (Å²) in [6.07, 6.45) is 2.27. The molecule has 2 bridgehead atoms. The van der Waals surface area contributed by atoms with Crippen LogP contribution in [-0.4, -0.2) is 28.3 Å². The SMILES string of the molecule is O=C(COc1ccc(Cl)c(F)c1)NC12CC(c3nnc(CCl)o3)(C1)C2. The number of benzene rings is 1. The number of carbonyl (C=O) groups is 1. The van der Waals surface area contributed by atoms with Crippen LogP contribution in [0.3, 0.4) is 0 Å². The van der Waals surface area contributed by atoms with Crippen molar-refractivity contribution in [2.45, 2.75) is 36.1 Å². The lowest BCUT2D eigenvalue weighted by molar-refractivity contribution is -0.143. The average molecular weight is 386 g/mol. The van der Waals surface area contributed by atoms with E-state index < -0.39 is 5.82 Å². The number of carbonyl (C=O) groups excluding carboxylic acids is 1. The van der Waals surface area contributed by atoms with E-state index in [1.807, 2.05) is 0 Å². The van der Waals surface area contributed by atoms with Crippen LogP contribution in [0.1, 0.15) is 31.0 Å². The Bertz CT molecular complexity index is 822. The summed E-state index contributed by atoms with van der Waals surface area (Å²) in [6.45, 7) is -0.188. The van der Waals surface area contributed by atoms with Crippen LogP contribution in [0.2, 0.25) is 5.02 Å². The van der Waals surface area contributed by atoms with Gasteiger partial charge in [0.05, 0.1) is 10.4 Å². The third-order valence-corrected chi connectivity index (χ3v) is 5.27. The molecule has 1 amide bonds. The van der Waals surface area contributed by atoms with Crippen molar-refractivity contribution in [1.29, 1.82) is 0 Å². The molecule has 132 valence electrons. The smallest absolute Gasteiger partial charge is 0.258 e. The molecule has 0 unspecified atom stereocenters. The van der Waals surface area contributed by atoms with Crippen molar-refractivity contribution in [2.24, 2.45) is 0 Å². The molecule has 5 rings (SSSR count). The highest BCUT2D eigenvalue weighted by Crippen LogP contribution is 2.67. The third-order valence-electron chi connectivity index (χ3n) is 4.73. The van der Waals surface area contributed by atoms with Crippen molar-refractivity contribution in [3.8, 4) is 5.75 Å². The molecular weight excluding hydrogens is 372 g/mol. The molecule has 9 heteroatoms. The van der Waals surface area contributed by atoms with Crippen LogP contribution < -0.4 is 10.1 Å². The largest absolute Gasteiger partial charge is 0.484 e. The minimum Gasteiger partial charge on any atom is -0.484 e. The molecule has 3 aliphatic carbocycles. The Balaban J connectivity index is 1.28. The summed E-state index contributed by atoms with van der Waals surface area (Å²) in [7, 11) is 0. The summed E-state index contributed by atoms with van der Waals surface area (Å²) in [5.41, 5.74) is -0.369. The van der Waals surface area contributed by atoms with Crippen molar-refractivity contribution in [2.75, 3.05) is 6.61 Å². The van der Waals surface area contributed by atoms with Gasteiger partial charge in [-0.1, -0.05) is 11.6 Å². The fraction of sp³-hybridized carbons (Fsp3) is 0.438. The Hall–Kier alpha value is -1.86. The zero-order valence-corrected chi connectivity index (χ0v) is 14.5. The van der Waals surface area contributed by atoms with E-state index in [2.05, 4.69) is 15.5 Å². The zero-order valence-electron chi connectivity index (χ0n) is 13.0. The topological polar surface area (TPSA) is 77.2 Å². The molecule has 1 aromatic carbocycles. The van der Waals surface area contributed by atoms with E-state index in [-0.39, 0.29) is 40.1 Å². The molecule has 3 saturated carbocycles. The molecule has 0 aliphatic heterocycles. The Labute approximate surface area is 152 Å². The molecule has 1 N–H and O–H groups in total. The molecule has 1 heterocycles. The number of rotatable bonds is 6. The lowest BCUT2D eigenvalue weighted by Gasteiger charge is -2.68. The van der Waals surface area contributed by atoms with Crippen molar-refractivity contribution in [1.82, 2.24) is 15.5 Å². The zero-order chi connectivity index (χ0) is 17.7. The van der Waals surface area contributed by atoms with Crippen LogP contribution in [0, 0.1) is 5.82 Å². The summed E-state index contributed by atoms with van der Waals surface area (Å²) in [6, 6.07) is 4.04. The highest BCUT2D eigenvalue weighted by atomic mass is 35.5. The number of aromatic nitrogens is 2. The normalized spacial score (nSPS) is 26.5. The van der Waals surface area contributed by atoms with Gasteiger partial charge in [0.15, 0.2) is 6.61 Å². The molecule has 0 atom stereocenters. The van der Waals surface area contributed by atoms with E-state index in [0.29, 0.717) is 11.8 Å². The van der Waals surface area contributed by atoms with E-state index in [1.54, 1.807) is 0 Å². The maximum Gasteiger partial charge on any atom is 0.258 e. The summed E-state index contributed by atoms with van der Waals surface area (Å²) < 4.78 is 24.1. The van der Waals surface area contributed by atoms with Crippen molar-refractivity contribution >= 4 is 29.1 Å². The van der Waals surface area contributed by atoms with E-state index in [4.69, 9.17) is 32.4 Å². The summed E-state index contributed by atoms with van der Waals surface area (Å²) in [4.78, 5) is 12.1. The summed E-state index contributed by atoms with van der Waals surface area (Å²) in [5.74, 6) is 0.599. The van der Waals surface area contributed by atoms with Crippen molar-refractivity contribution in [3.63, 3.8) is 0 Å². The highest BCUT2D eigenvalue weighted by Gasteiger charge is 2.71. The first-order valence-electron chi connectivity index (χ1n) is 7.71. The van der Waals surface area contributed by atoms with Gasteiger partial charge >= 0.3 is 0 Å². The van der Waals surface area contributed by atoms with Crippen LogP contribution in [-0.2, 0) is 16.1 Å². The predicted molar refractivity (Wildman–Crippen MR) is 87.2 cm³/mol. The molecule has 2 aromatic rings. The Morgan fingerprint density at radius 3 is 2.76 bits per heavy atom. The maximum absolute atomic E-state index is 13.3. The second-order valence-electron chi connectivity index (χ2n) is 6.64. The fourth-order valence-electron chi connectivity index (χ4n) is 3.72. The number of nitrogens with one attached hydrogen (secondary N) is 1. The lowest BCUT2D eigenvalue weighted by Crippen LogP contribution is -2.77. The maximum atomic E-state index is 13.3. The van der Waals surface area contributed by atoms with Crippen LogP contribution in [0.4, 0.5) is 4.39 Å². The molecule has 25 heavy (non-hydrogen) atoms. The molecular formula is C16H14Cl2FN3O3. The molecule has 0 radical (unpaired) electrons. The monoisotopic (exact) mass is 385 g/mol. The van der Waals surface area contributed by atoms with Gasteiger partial charge in [-0.15, -0.1) is 21.8 Å². The molecule has 3 fully saturated rings. The van der Waals surface area contributed by atoms with Gasteiger partial charge in [0.25, 0.3) is 5.91 Å². The van der Waals surface area contributed by atoms with Gasteiger partial charge in [-0.3, -0.25) is 4.79 Å². The number of hydrogen-bond acceptors (Lipinski definition) is 5. The molecule has 0 spiro atoms. The van der Waals surface area contributed by atoms with Crippen LogP contribution >= 0.6 is 23.2 Å². The highest BCUT2D eigenvalue weighted by molar-refractivity contribution is 6.30. The molecule has 3 aliphatic rings. The number of nitrogens with zero attached hydrogens (tertiary/aromatic N) is 2. The second kappa shape index (κ2) is 5.85. The van der Waals surface area contributed by atoms with Crippen molar-refractivity contribution < 1.29 is 18.3 Å². The van der Waals surface area contributed by atoms with E-state index >= 15 is 0 Å². The van der Waals surface area contributed by atoms with Gasteiger partial charge in [-0.25, -0.2) is 4.39 Å². The number of amides is 1. The quantitative estimate of drug-likeness (QED) is 0.773. The molecule has 6 nitrogen and oxygen atoms in total. The number of hydrogen-bond donors (Lipinski definition) is 1. The van der Waals surface area contributed by atoms with E-state index in [9.17, 15) is 9.18 Å². The van der Waals surface area contributed by atoms with Gasteiger partial charge in [-0.05, 0) is 31.4 Å². The predicted octanol–water partition coefficient (Wildman–Crippen LogP) is 2.97. The first-order valence-corrected chi connectivity index (χ1v) is 8.63. The first kappa shape index (κ1) is 16.6. The number of ether oxygens (including phenoxy) is 1. The van der Waals surface area contributed by atoms with Gasteiger partial charge < -0.3 is 14.5 Å². The van der Waals surface area contributed by atoms with Gasteiger partial charge in [0, 0.05) is 11.6 Å². The Morgan fingerprint density at radius 2 is 2.12 bits per heavy atom. The average Bonchev–Trinajstić information content (AvgIpc) is 2.99. The standard InChI is InChI=1S/C16H14Cl2FN3O3/c17-4-13-21-22-14(25-13)15-6-16(7-15,8-15)20-12(23)5-24-9-1-2-10(18)11(19)3-9/h1-3H,4-8H2,(H,20,23). The number of alkyl halides is 1. The minimum atomic E-state index is -0.586. The first-order chi connectivity index (χ1) is 11.9. The van der Waals surface area contributed by atoms with Gasteiger partial charge in [0.1, 0.15) is 17.4 Å². The van der Waals surface area contributed by atoms with Crippen LogP contribution in [0.25, 0.3) is 0 Å². The Morgan fingerprint density at radius 1 is 1.36 bits per heavy atom. The van der Waals surface area contributed by atoms with Gasteiger partial charge in [-0.2, -0.15) is 0 Å². The van der Waals surface area contributed by atoms with Crippen LogP contribution in [0.5, 0.6) is 5.75 Å². The fourth-order valence-corrected chi connectivity index (χ4v) is 3.94. The summed E-state index contributed by atoms with van der Waals surface area (Å²) >= 11 is 11.3. The van der Waals surface area contributed by atoms with E-state index in [1.165, 1.54) is 12.1 Å². The molecule has 1 aromatic heterocycles. The number of halogens is 3. The van der Waals surface area contributed by atoms with Crippen LogP contribution in [0.15, 0.2) is 22.6 Å². The Kier molecular flexibility index (Phi) is 3.88.